The van der Waals surface area contributed by atoms with Crippen LogP contribution in [0.2, 0.25) is 5.02 Å². The lowest BCUT2D eigenvalue weighted by molar-refractivity contribution is -0.140. The van der Waals surface area contributed by atoms with E-state index in [1.165, 1.54) is 4.90 Å². The Labute approximate surface area is 199 Å². The van der Waals surface area contributed by atoms with Gasteiger partial charge in [-0.05, 0) is 56.9 Å². The predicted octanol–water partition coefficient (Wildman–Crippen LogP) is 3.79. The molecule has 0 bridgehead atoms. The van der Waals surface area contributed by atoms with Crippen molar-refractivity contribution in [2.24, 2.45) is 0 Å². The fourth-order valence-corrected chi connectivity index (χ4v) is 4.01. The van der Waals surface area contributed by atoms with Gasteiger partial charge in [-0.2, -0.15) is 0 Å². The molecule has 1 saturated heterocycles. The van der Waals surface area contributed by atoms with Crippen LogP contribution in [0.25, 0.3) is 5.76 Å². The number of benzene rings is 2. The van der Waals surface area contributed by atoms with Crippen LogP contribution in [0.5, 0.6) is 5.75 Å². The Balaban J connectivity index is 2.17. The quantitative estimate of drug-likeness (QED) is 0.359. The molecule has 0 radical (unpaired) electrons. The van der Waals surface area contributed by atoms with E-state index in [1.54, 1.807) is 18.2 Å². The average molecular weight is 472 g/mol. The minimum Gasteiger partial charge on any atom is -0.507 e. The van der Waals surface area contributed by atoms with Crippen molar-refractivity contribution in [1.82, 2.24) is 9.80 Å². The minimum atomic E-state index is -0.731. The van der Waals surface area contributed by atoms with Crippen molar-refractivity contribution in [2.75, 3.05) is 52.8 Å². The van der Waals surface area contributed by atoms with Crippen molar-refractivity contribution in [3.8, 4) is 5.75 Å². The summed E-state index contributed by atoms with van der Waals surface area (Å²) in [6.45, 7) is 3.19. The van der Waals surface area contributed by atoms with Gasteiger partial charge in [-0.15, -0.1) is 0 Å². The van der Waals surface area contributed by atoms with Crippen LogP contribution in [0.15, 0.2) is 48.0 Å². The molecule has 1 fully saturated rings. The number of Topliss-reactive ketones (excluding diaryl/α,β-unsaturated/α-hetero) is 1. The van der Waals surface area contributed by atoms with Crippen molar-refractivity contribution < 1.29 is 19.4 Å². The number of aliphatic hydroxyl groups excluding tert-OH is 1. The number of likely N-dealkylation sites (tertiary alicyclic amines) is 1. The molecule has 1 aliphatic heterocycles. The number of anilines is 1. The molecule has 0 aliphatic carbocycles. The molecule has 2 aromatic carbocycles. The topological polar surface area (TPSA) is 73.3 Å². The number of amides is 1. The monoisotopic (exact) mass is 471 g/mol. The van der Waals surface area contributed by atoms with Gasteiger partial charge in [0.25, 0.3) is 11.7 Å². The van der Waals surface area contributed by atoms with Gasteiger partial charge in [0.05, 0.1) is 23.2 Å². The lowest BCUT2D eigenvalue weighted by atomic mass is 9.95. The van der Waals surface area contributed by atoms with Crippen LogP contribution in [-0.4, -0.2) is 74.5 Å². The maximum absolute atomic E-state index is 13.2. The summed E-state index contributed by atoms with van der Waals surface area (Å²) in [7, 11) is 7.67. The minimum absolute atomic E-state index is 0.0203. The normalized spacial score (nSPS) is 17.7. The highest BCUT2D eigenvalue weighted by Crippen LogP contribution is 2.41. The Morgan fingerprint density at radius 1 is 1.09 bits per heavy atom. The number of rotatable bonds is 8. The maximum Gasteiger partial charge on any atom is 0.295 e. The van der Waals surface area contributed by atoms with Gasteiger partial charge in [0.1, 0.15) is 11.5 Å². The van der Waals surface area contributed by atoms with E-state index in [0.29, 0.717) is 25.4 Å². The van der Waals surface area contributed by atoms with Crippen molar-refractivity contribution in [3.63, 3.8) is 0 Å². The van der Waals surface area contributed by atoms with Gasteiger partial charge in [-0.1, -0.05) is 23.7 Å². The summed E-state index contributed by atoms with van der Waals surface area (Å²) in [6, 6.07) is 11.7. The number of ether oxygens (including phenoxy) is 1. The summed E-state index contributed by atoms with van der Waals surface area (Å²) in [6.07, 6.45) is 0. The molecule has 1 heterocycles. The zero-order chi connectivity index (χ0) is 24.3. The highest BCUT2D eigenvalue weighted by Gasteiger charge is 2.46. The third kappa shape index (κ3) is 5.15. The van der Waals surface area contributed by atoms with Crippen LogP contribution in [0.1, 0.15) is 24.1 Å². The first-order valence-electron chi connectivity index (χ1n) is 10.8. The molecule has 8 heteroatoms. The first-order valence-corrected chi connectivity index (χ1v) is 11.2. The fraction of sp³-hybridized carbons (Fsp3) is 0.360. The fourth-order valence-electron chi connectivity index (χ4n) is 3.81. The zero-order valence-corrected chi connectivity index (χ0v) is 20.4. The summed E-state index contributed by atoms with van der Waals surface area (Å²) in [4.78, 5) is 31.6. The predicted molar refractivity (Wildman–Crippen MR) is 131 cm³/mol. The standard InChI is InChI=1S/C25H30ClN3O4/c1-6-33-18-11-12-20(26)19(15-18)23(30)21-22(16-7-9-17(10-8-16)28(4)5)29(14-13-27(2)3)25(32)24(21)31/h7-12,15,22,30H,6,13-14H2,1-5H3/b23-21+. The third-order valence-corrected chi connectivity index (χ3v) is 5.89. The second kappa shape index (κ2) is 10.3. The molecular formula is C25H30ClN3O4. The lowest BCUT2D eigenvalue weighted by Crippen LogP contribution is -2.35. The summed E-state index contributed by atoms with van der Waals surface area (Å²) in [5.74, 6) is -1.17. The molecular weight excluding hydrogens is 442 g/mol. The van der Waals surface area contributed by atoms with E-state index >= 15 is 0 Å². The Morgan fingerprint density at radius 2 is 1.76 bits per heavy atom. The molecule has 0 spiro atoms. The van der Waals surface area contributed by atoms with Gasteiger partial charge in [0.15, 0.2) is 0 Å². The first kappa shape index (κ1) is 24.6. The van der Waals surface area contributed by atoms with E-state index in [0.717, 1.165) is 11.3 Å². The molecule has 176 valence electrons. The molecule has 1 aliphatic rings. The molecule has 1 atom stereocenters. The average Bonchev–Trinajstić information content (AvgIpc) is 3.03. The van der Waals surface area contributed by atoms with Crippen LogP contribution < -0.4 is 9.64 Å². The Kier molecular flexibility index (Phi) is 7.66. The highest BCUT2D eigenvalue weighted by molar-refractivity contribution is 6.47. The number of likely N-dealkylation sites (N-methyl/N-ethyl adjacent to an activating group) is 1. The van der Waals surface area contributed by atoms with Crippen molar-refractivity contribution >= 4 is 34.7 Å². The van der Waals surface area contributed by atoms with Gasteiger partial charge in [-0.3, -0.25) is 9.59 Å². The smallest absolute Gasteiger partial charge is 0.295 e. The number of hydrogen-bond donors (Lipinski definition) is 1. The molecule has 7 nitrogen and oxygen atoms in total. The summed E-state index contributed by atoms with van der Waals surface area (Å²) >= 11 is 6.37. The molecule has 1 N–H and O–H groups in total. The molecule has 3 rings (SSSR count). The molecule has 1 amide bonds. The summed E-state index contributed by atoms with van der Waals surface area (Å²) in [5, 5.41) is 11.5. The SMILES string of the molecule is CCOc1ccc(Cl)c(/C(O)=C2\C(=O)C(=O)N(CCN(C)C)C2c2ccc(N(C)C)cc2)c1. The van der Waals surface area contributed by atoms with Gasteiger partial charge < -0.3 is 24.5 Å². The van der Waals surface area contributed by atoms with Crippen LogP contribution in [-0.2, 0) is 9.59 Å². The van der Waals surface area contributed by atoms with E-state index in [1.807, 2.05) is 69.2 Å². The molecule has 1 unspecified atom stereocenters. The van der Waals surface area contributed by atoms with Crippen LogP contribution in [0, 0.1) is 0 Å². The number of carbonyl (C=O) groups excluding carboxylic acids is 2. The Hall–Kier alpha value is -3.03. The molecule has 2 aromatic rings. The van der Waals surface area contributed by atoms with E-state index in [9.17, 15) is 14.7 Å². The van der Waals surface area contributed by atoms with Crippen LogP contribution in [0.4, 0.5) is 5.69 Å². The molecule has 0 saturated carbocycles. The van der Waals surface area contributed by atoms with E-state index in [2.05, 4.69) is 0 Å². The van der Waals surface area contributed by atoms with Gasteiger partial charge in [-0.25, -0.2) is 0 Å². The second-order valence-electron chi connectivity index (χ2n) is 8.36. The second-order valence-corrected chi connectivity index (χ2v) is 8.76. The number of ketones is 1. The number of halogens is 1. The number of nitrogens with zero attached hydrogens (tertiary/aromatic N) is 3. The lowest BCUT2D eigenvalue weighted by Gasteiger charge is -2.27. The van der Waals surface area contributed by atoms with Gasteiger partial charge in [0.2, 0.25) is 0 Å². The van der Waals surface area contributed by atoms with E-state index in [-0.39, 0.29) is 21.9 Å². The molecule has 0 aromatic heterocycles. The zero-order valence-electron chi connectivity index (χ0n) is 19.6. The maximum atomic E-state index is 13.2. The number of aliphatic hydroxyl groups is 1. The van der Waals surface area contributed by atoms with Crippen LogP contribution >= 0.6 is 11.6 Å². The van der Waals surface area contributed by atoms with Crippen molar-refractivity contribution in [1.29, 1.82) is 0 Å². The molecule has 33 heavy (non-hydrogen) atoms. The largest absolute Gasteiger partial charge is 0.507 e. The van der Waals surface area contributed by atoms with Gasteiger partial charge >= 0.3 is 0 Å². The van der Waals surface area contributed by atoms with Gasteiger partial charge in [0, 0.05) is 38.4 Å². The van der Waals surface area contributed by atoms with E-state index < -0.39 is 17.7 Å². The Morgan fingerprint density at radius 3 is 2.33 bits per heavy atom. The van der Waals surface area contributed by atoms with Crippen LogP contribution in [0.3, 0.4) is 0 Å². The van der Waals surface area contributed by atoms with E-state index in [4.69, 9.17) is 16.3 Å². The third-order valence-electron chi connectivity index (χ3n) is 5.56. The van der Waals surface area contributed by atoms with Crippen molar-refractivity contribution in [2.45, 2.75) is 13.0 Å². The Bertz CT molecular complexity index is 1060. The van der Waals surface area contributed by atoms with Crippen molar-refractivity contribution in [3.05, 3.63) is 64.2 Å². The highest BCUT2D eigenvalue weighted by atomic mass is 35.5. The summed E-state index contributed by atoms with van der Waals surface area (Å²) in [5.41, 5.74) is 1.99. The number of carbonyl (C=O) groups is 2. The first-order chi connectivity index (χ1) is 15.6. The summed E-state index contributed by atoms with van der Waals surface area (Å²) < 4.78 is 5.53. The number of hydrogen-bond acceptors (Lipinski definition) is 6.